The number of aliphatic imine (C=N–C) groups is 1. The van der Waals surface area contributed by atoms with E-state index in [2.05, 4.69) is 4.99 Å². The molecule has 0 bridgehead atoms. The fraction of sp³-hybridized carbons (Fsp3) is 0.353. The highest BCUT2D eigenvalue weighted by Crippen LogP contribution is 2.35. The van der Waals surface area contributed by atoms with Gasteiger partial charge in [0.05, 0.1) is 11.3 Å². The minimum atomic E-state index is -5.38. The van der Waals surface area contributed by atoms with Gasteiger partial charge >= 0.3 is 24.2 Å². The van der Waals surface area contributed by atoms with Gasteiger partial charge in [-0.25, -0.2) is 8.78 Å². The largest absolute Gasteiger partial charge is 0.471 e. The number of nitrogens with zero attached hydrogens (tertiary/aromatic N) is 4. The van der Waals surface area contributed by atoms with Crippen LogP contribution in [0.2, 0.25) is 0 Å². The van der Waals surface area contributed by atoms with Gasteiger partial charge in [0, 0.05) is 68.4 Å². The lowest BCUT2D eigenvalue weighted by Crippen LogP contribution is -2.52. The van der Waals surface area contributed by atoms with Crippen LogP contribution in [0.5, 0.6) is 0 Å². The summed E-state index contributed by atoms with van der Waals surface area (Å²) in [5, 5.41) is 0. The van der Waals surface area contributed by atoms with Gasteiger partial charge in [-0.05, 0) is 72.9 Å². The van der Waals surface area contributed by atoms with Crippen LogP contribution >= 0.6 is 0 Å². The number of amides is 3. The van der Waals surface area contributed by atoms with Crippen molar-refractivity contribution in [2.24, 2.45) is 10.7 Å². The maximum Gasteiger partial charge on any atom is 0.471 e. The summed E-state index contributed by atoms with van der Waals surface area (Å²) in [6.07, 6.45) is -10.5. The molecule has 0 spiro atoms. The first-order valence-electron chi connectivity index (χ1n) is 15.9. The first-order chi connectivity index (χ1) is 24.4. The molecule has 4 N–H and O–H groups in total. The summed E-state index contributed by atoms with van der Waals surface area (Å²) >= 11 is 0. The van der Waals surface area contributed by atoms with Crippen molar-refractivity contribution in [2.75, 3.05) is 54.9 Å². The quantitative estimate of drug-likeness (QED) is 0.151. The number of anilines is 3. The second kappa shape index (κ2) is 15.1. The molecule has 0 aromatic heterocycles. The Morgan fingerprint density at radius 2 is 1.44 bits per heavy atom. The van der Waals surface area contributed by atoms with E-state index < -0.39 is 64.8 Å². The zero-order valence-corrected chi connectivity index (χ0v) is 27.2. The molecule has 0 aliphatic carbocycles. The molecule has 52 heavy (non-hydrogen) atoms. The van der Waals surface area contributed by atoms with Gasteiger partial charge in [0.15, 0.2) is 0 Å². The Morgan fingerprint density at radius 3 is 2.04 bits per heavy atom. The number of amidine groups is 1. The Balaban J connectivity index is 1.52. The predicted octanol–water partition coefficient (Wildman–Crippen LogP) is 4.97. The molecule has 2 heterocycles. The van der Waals surface area contributed by atoms with E-state index in [0.29, 0.717) is 21.4 Å². The number of hydrogen-bond acceptors (Lipinski definition) is 6. The fourth-order valence-corrected chi connectivity index (χ4v) is 6.11. The molecule has 0 unspecified atom stereocenters. The lowest BCUT2D eigenvalue weighted by Gasteiger charge is -2.38. The van der Waals surface area contributed by atoms with Crippen LogP contribution in [-0.2, 0) is 20.7 Å². The minimum Gasteiger partial charge on any atom is -0.398 e. The third-order valence-corrected chi connectivity index (χ3v) is 8.61. The van der Waals surface area contributed by atoms with Crippen molar-refractivity contribution in [3.8, 4) is 0 Å². The van der Waals surface area contributed by atoms with Crippen LogP contribution in [0.4, 0.5) is 52.2 Å². The van der Waals surface area contributed by atoms with E-state index in [1.54, 1.807) is 6.07 Å². The third-order valence-electron chi connectivity index (χ3n) is 8.61. The Kier molecular flexibility index (Phi) is 11.1. The molecule has 0 saturated carbocycles. The van der Waals surface area contributed by atoms with Gasteiger partial charge in [-0.2, -0.15) is 31.3 Å². The van der Waals surface area contributed by atoms with Crippen molar-refractivity contribution in [1.29, 1.82) is 0 Å². The average Bonchev–Trinajstić information content (AvgIpc) is 3.08. The van der Waals surface area contributed by atoms with Gasteiger partial charge in [-0.3, -0.25) is 14.4 Å². The molecule has 0 radical (unpaired) electrons. The normalized spacial score (nSPS) is 16.2. The summed E-state index contributed by atoms with van der Waals surface area (Å²) in [7, 11) is 0. The number of alkyl halides is 6. The van der Waals surface area contributed by atoms with Gasteiger partial charge in [0.1, 0.15) is 17.5 Å². The number of nitrogen functional groups attached to an aromatic ring is 1. The molecule has 2 aliphatic rings. The van der Waals surface area contributed by atoms with Crippen molar-refractivity contribution in [3.63, 3.8) is 0 Å². The maximum atomic E-state index is 14.1. The molecule has 0 atom stereocenters. The van der Waals surface area contributed by atoms with E-state index in [-0.39, 0.29) is 81.2 Å². The molecule has 2 aliphatic heterocycles. The van der Waals surface area contributed by atoms with Gasteiger partial charge in [-0.15, -0.1) is 0 Å². The summed E-state index contributed by atoms with van der Waals surface area (Å²) in [5.41, 5.74) is 12.4. The Hall–Kier alpha value is -5.26. The van der Waals surface area contributed by atoms with Crippen LogP contribution in [0.1, 0.15) is 39.9 Å². The van der Waals surface area contributed by atoms with E-state index >= 15 is 0 Å². The molecule has 10 nitrogen and oxygen atoms in total. The number of benzene rings is 3. The Morgan fingerprint density at radius 1 is 0.808 bits per heavy atom. The van der Waals surface area contributed by atoms with Crippen molar-refractivity contribution < 1.29 is 54.2 Å². The third kappa shape index (κ3) is 8.78. The van der Waals surface area contributed by atoms with E-state index in [0.717, 1.165) is 24.3 Å². The minimum absolute atomic E-state index is 0.0121. The predicted molar refractivity (Wildman–Crippen MR) is 174 cm³/mol. The fourth-order valence-electron chi connectivity index (χ4n) is 6.11. The second-order valence-electron chi connectivity index (χ2n) is 12.2. The van der Waals surface area contributed by atoms with Crippen LogP contribution in [0, 0.1) is 11.6 Å². The number of carbonyl (C=O) groups is 3. The monoisotopic (exact) mass is 740 g/mol. The number of ether oxygens (including phenoxy) is 1. The first-order valence-corrected chi connectivity index (χ1v) is 15.9. The summed E-state index contributed by atoms with van der Waals surface area (Å²) < 4.78 is 114. The second-order valence-corrected chi connectivity index (χ2v) is 12.2. The van der Waals surface area contributed by atoms with E-state index in [9.17, 15) is 49.5 Å². The van der Waals surface area contributed by atoms with Crippen molar-refractivity contribution in [1.82, 2.24) is 4.90 Å². The first kappa shape index (κ1) is 38.0. The summed E-state index contributed by atoms with van der Waals surface area (Å²) in [6, 6.07) is 9.91. The highest BCUT2D eigenvalue weighted by Gasteiger charge is 2.47. The molecule has 2 fully saturated rings. The van der Waals surface area contributed by atoms with Gasteiger partial charge < -0.3 is 30.9 Å². The SMILES string of the molecule is NC(=NC(=O)c1ccc(N2CCN(C(=O)C(F)(F)F)CC2)cc1N(C(=O)C(F)(F)F)C1CCOCC1)c1cc(Cc2cc(F)cc(F)c2)ccc1N. The number of piperazine rings is 1. The van der Waals surface area contributed by atoms with Crippen molar-refractivity contribution in [3.05, 3.63) is 88.5 Å². The molecule has 5 rings (SSSR count). The van der Waals surface area contributed by atoms with Gasteiger partial charge in [0.2, 0.25) is 0 Å². The van der Waals surface area contributed by atoms with Gasteiger partial charge in [-0.1, -0.05) is 6.07 Å². The maximum absolute atomic E-state index is 14.1. The van der Waals surface area contributed by atoms with Crippen LogP contribution < -0.4 is 21.3 Å². The number of hydrogen-bond donors (Lipinski definition) is 2. The summed E-state index contributed by atoms with van der Waals surface area (Å²) in [5.74, 6) is -7.49. The molecular weight excluding hydrogens is 708 g/mol. The standard InChI is InChI=1S/C34H32F8N6O4/c35-21-14-20(15-22(36)17-21)13-19-1-4-27(43)26(16-19)29(44)45-30(49)25-3-2-24(46-7-9-47(10-8-46)31(50)33(37,38)39)18-28(25)48(32(51)34(40,41)42)23-5-11-52-12-6-23/h1-4,14-18,23H,5-13,43H2,(H2,44,45,49). The number of halogens is 8. The lowest BCUT2D eigenvalue weighted by molar-refractivity contribution is -0.185. The lowest BCUT2D eigenvalue weighted by atomic mass is 10.0. The number of nitrogens with two attached hydrogens (primary N) is 2. The Bertz CT molecular complexity index is 1850. The molecule has 18 heteroatoms. The molecule has 3 amide bonds. The van der Waals surface area contributed by atoms with Crippen LogP contribution in [0.25, 0.3) is 0 Å². The topological polar surface area (TPSA) is 135 Å². The number of rotatable bonds is 7. The van der Waals surface area contributed by atoms with Gasteiger partial charge in [0.25, 0.3) is 5.91 Å². The molecule has 3 aromatic rings. The zero-order chi connectivity index (χ0) is 38.0. The van der Waals surface area contributed by atoms with Crippen LogP contribution in [-0.4, -0.2) is 86.2 Å². The van der Waals surface area contributed by atoms with E-state index in [4.69, 9.17) is 16.2 Å². The zero-order valence-electron chi connectivity index (χ0n) is 27.2. The summed E-state index contributed by atoms with van der Waals surface area (Å²) in [6.45, 7) is -0.936. The molecule has 3 aromatic carbocycles. The molecule has 278 valence electrons. The van der Waals surface area contributed by atoms with Crippen LogP contribution in [0.15, 0.2) is 59.6 Å². The average molecular weight is 741 g/mol. The molecule has 2 saturated heterocycles. The smallest absolute Gasteiger partial charge is 0.398 e. The van der Waals surface area contributed by atoms with Crippen LogP contribution in [0.3, 0.4) is 0 Å². The Labute approximate surface area is 291 Å². The van der Waals surface area contributed by atoms with E-state index in [1.165, 1.54) is 23.1 Å². The van der Waals surface area contributed by atoms with Crippen molar-refractivity contribution in [2.45, 2.75) is 37.7 Å². The molecular formula is C34H32F8N6O4. The summed E-state index contributed by atoms with van der Waals surface area (Å²) in [4.78, 5) is 45.0. The highest BCUT2D eigenvalue weighted by atomic mass is 19.4. The highest BCUT2D eigenvalue weighted by molar-refractivity contribution is 6.14. The van der Waals surface area contributed by atoms with E-state index in [1.807, 2.05) is 0 Å². The van der Waals surface area contributed by atoms with Crippen molar-refractivity contribution >= 4 is 40.6 Å². The number of carbonyl (C=O) groups excluding carboxylic acids is 3.